The third-order valence-electron chi connectivity index (χ3n) is 7.00. The van der Waals surface area contributed by atoms with Gasteiger partial charge in [0.2, 0.25) is 0 Å². The lowest BCUT2D eigenvalue weighted by Crippen LogP contribution is -2.43. The van der Waals surface area contributed by atoms with Gasteiger partial charge in [0, 0.05) is 46.9 Å². The molecule has 3 aromatic heterocycles. The first-order valence-electron chi connectivity index (χ1n) is 12.0. The fourth-order valence-electron chi connectivity index (χ4n) is 4.83. The standard InChI is InChI=1S/C29H27N5O2/c1-19-12-20(2)25(33-11-9-27-31-16-26(34(27)33)22-7-5-10-30-15-22)14-24(19)32-28(35)21-6-4-8-23(13-21)29(3)17-36-18-29/h4-16H,17-18H2,1-3H3,(H,32,35). The van der Waals surface area contributed by atoms with Crippen LogP contribution in [0.2, 0.25) is 0 Å². The first-order chi connectivity index (χ1) is 17.4. The van der Waals surface area contributed by atoms with E-state index in [1.165, 1.54) is 0 Å². The number of ether oxygens (including phenoxy) is 1. The molecule has 7 heteroatoms. The third-order valence-corrected chi connectivity index (χ3v) is 7.00. The maximum atomic E-state index is 13.3. The Morgan fingerprint density at radius 1 is 1.03 bits per heavy atom. The van der Waals surface area contributed by atoms with Crippen molar-refractivity contribution in [3.8, 4) is 16.9 Å². The molecule has 0 spiro atoms. The number of anilines is 1. The van der Waals surface area contributed by atoms with Crippen molar-refractivity contribution in [1.82, 2.24) is 19.2 Å². The summed E-state index contributed by atoms with van der Waals surface area (Å²) < 4.78 is 9.54. The van der Waals surface area contributed by atoms with Gasteiger partial charge in [-0.15, -0.1) is 0 Å². The number of pyridine rings is 1. The molecule has 7 nitrogen and oxygen atoms in total. The van der Waals surface area contributed by atoms with Crippen LogP contribution in [0.3, 0.4) is 0 Å². The molecule has 1 amide bonds. The third kappa shape index (κ3) is 3.69. The van der Waals surface area contributed by atoms with Crippen LogP contribution in [-0.4, -0.2) is 38.3 Å². The van der Waals surface area contributed by atoms with Gasteiger partial charge in [0.05, 0.1) is 30.8 Å². The van der Waals surface area contributed by atoms with Gasteiger partial charge in [0.15, 0.2) is 5.65 Å². The normalized spacial score (nSPS) is 14.5. The van der Waals surface area contributed by atoms with Crippen LogP contribution in [0.4, 0.5) is 5.69 Å². The Bertz CT molecular complexity index is 1600. The number of imidazole rings is 1. The van der Waals surface area contributed by atoms with E-state index in [4.69, 9.17) is 4.74 Å². The summed E-state index contributed by atoms with van der Waals surface area (Å²) in [6.45, 7) is 7.61. The molecule has 6 rings (SSSR count). The number of fused-ring (bicyclic) bond motifs is 1. The van der Waals surface area contributed by atoms with E-state index in [1.54, 1.807) is 6.20 Å². The van der Waals surface area contributed by atoms with Crippen LogP contribution in [0, 0.1) is 13.8 Å². The molecule has 0 atom stereocenters. The number of nitrogens with zero attached hydrogens (tertiary/aromatic N) is 4. The Morgan fingerprint density at radius 3 is 2.64 bits per heavy atom. The second kappa shape index (κ2) is 8.46. The van der Waals surface area contributed by atoms with Crippen LogP contribution in [-0.2, 0) is 10.2 Å². The number of carbonyl (C=O) groups excluding carboxylic acids is 1. The largest absolute Gasteiger partial charge is 0.379 e. The molecule has 1 aliphatic rings. The number of carbonyl (C=O) groups is 1. The van der Waals surface area contributed by atoms with E-state index in [-0.39, 0.29) is 11.3 Å². The first kappa shape index (κ1) is 22.2. The first-order valence-corrected chi connectivity index (χ1v) is 12.0. The zero-order valence-corrected chi connectivity index (χ0v) is 20.5. The molecule has 4 heterocycles. The highest BCUT2D eigenvalue weighted by molar-refractivity contribution is 6.05. The number of amides is 1. The van der Waals surface area contributed by atoms with Gasteiger partial charge in [-0.3, -0.25) is 14.5 Å². The van der Waals surface area contributed by atoms with Gasteiger partial charge >= 0.3 is 0 Å². The van der Waals surface area contributed by atoms with Crippen LogP contribution in [0.5, 0.6) is 0 Å². The number of rotatable bonds is 5. The van der Waals surface area contributed by atoms with Crippen LogP contribution in [0.25, 0.3) is 22.6 Å². The van der Waals surface area contributed by atoms with Gasteiger partial charge in [0.1, 0.15) is 0 Å². The van der Waals surface area contributed by atoms with E-state index >= 15 is 0 Å². The molecular weight excluding hydrogens is 450 g/mol. The van der Waals surface area contributed by atoms with E-state index in [1.807, 2.05) is 68.0 Å². The summed E-state index contributed by atoms with van der Waals surface area (Å²) in [5, 5.41) is 3.14. The summed E-state index contributed by atoms with van der Waals surface area (Å²) in [7, 11) is 0. The molecule has 1 fully saturated rings. The van der Waals surface area contributed by atoms with Gasteiger partial charge in [-0.25, -0.2) is 9.50 Å². The maximum Gasteiger partial charge on any atom is 0.255 e. The molecule has 2 aromatic carbocycles. The van der Waals surface area contributed by atoms with Gasteiger partial charge in [0.25, 0.3) is 5.91 Å². The summed E-state index contributed by atoms with van der Waals surface area (Å²) in [6, 6.07) is 17.9. The molecule has 1 saturated heterocycles. The second-order valence-electron chi connectivity index (χ2n) is 9.76. The molecule has 0 aliphatic carbocycles. The maximum absolute atomic E-state index is 13.3. The smallest absolute Gasteiger partial charge is 0.255 e. The Morgan fingerprint density at radius 2 is 1.89 bits per heavy atom. The van der Waals surface area contributed by atoms with Crippen molar-refractivity contribution >= 4 is 17.2 Å². The minimum absolute atomic E-state index is 0.0280. The Labute approximate surface area is 209 Å². The van der Waals surface area contributed by atoms with Gasteiger partial charge < -0.3 is 10.1 Å². The van der Waals surface area contributed by atoms with E-state index in [0.717, 1.165) is 45.0 Å². The number of nitrogens with one attached hydrogen (secondary N) is 1. The van der Waals surface area contributed by atoms with E-state index in [9.17, 15) is 4.79 Å². The zero-order chi connectivity index (χ0) is 24.9. The predicted molar refractivity (Wildman–Crippen MR) is 140 cm³/mol. The van der Waals surface area contributed by atoms with Crippen molar-refractivity contribution in [1.29, 1.82) is 0 Å². The zero-order valence-electron chi connectivity index (χ0n) is 20.5. The molecule has 180 valence electrons. The van der Waals surface area contributed by atoms with Crippen LogP contribution in [0.1, 0.15) is 34.0 Å². The molecule has 36 heavy (non-hydrogen) atoms. The topological polar surface area (TPSA) is 73.5 Å². The van der Waals surface area contributed by atoms with E-state index in [0.29, 0.717) is 18.8 Å². The fourth-order valence-corrected chi connectivity index (χ4v) is 4.83. The SMILES string of the molecule is Cc1cc(C)c(-n2ccc3ncc(-c4cccnc4)n32)cc1NC(=O)c1cccc(C2(C)COC2)c1. The molecular formula is C29H27N5O2. The van der Waals surface area contributed by atoms with Gasteiger partial charge in [-0.05, 0) is 60.9 Å². The monoisotopic (exact) mass is 477 g/mol. The Hall–Kier alpha value is -4.23. The van der Waals surface area contributed by atoms with E-state index < -0.39 is 0 Å². The molecule has 5 aromatic rings. The highest BCUT2D eigenvalue weighted by atomic mass is 16.5. The Kier molecular flexibility index (Phi) is 5.23. The molecule has 0 unspecified atom stereocenters. The minimum Gasteiger partial charge on any atom is -0.379 e. The highest BCUT2D eigenvalue weighted by Gasteiger charge is 2.35. The Balaban J connectivity index is 1.37. The predicted octanol–water partition coefficient (Wildman–Crippen LogP) is 5.34. The van der Waals surface area contributed by atoms with Crippen molar-refractivity contribution in [2.45, 2.75) is 26.2 Å². The number of benzene rings is 2. The van der Waals surface area contributed by atoms with Crippen LogP contribution >= 0.6 is 0 Å². The van der Waals surface area contributed by atoms with Crippen molar-refractivity contribution in [2.24, 2.45) is 0 Å². The molecule has 1 N–H and O–H groups in total. The summed E-state index contributed by atoms with van der Waals surface area (Å²) in [6.07, 6.45) is 7.45. The molecule has 0 saturated carbocycles. The average molecular weight is 478 g/mol. The quantitative estimate of drug-likeness (QED) is 0.371. The summed E-state index contributed by atoms with van der Waals surface area (Å²) >= 11 is 0. The van der Waals surface area contributed by atoms with E-state index in [2.05, 4.69) is 50.5 Å². The molecule has 0 bridgehead atoms. The highest BCUT2D eigenvalue weighted by Crippen LogP contribution is 2.32. The van der Waals surface area contributed by atoms with Crippen molar-refractivity contribution in [3.63, 3.8) is 0 Å². The lowest BCUT2D eigenvalue weighted by Gasteiger charge is -2.38. The lowest BCUT2D eigenvalue weighted by atomic mass is 9.80. The number of aryl methyl sites for hydroxylation is 2. The number of hydrogen-bond donors (Lipinski definition) is 1. The van der Waals surface area contributed by atoms with Crippen LogP contribution in [0.15, 0.2) is 79.4 Å². The van der Waals surface area contributed by atoms with Crippen molar-refractivity contribution < 1.29 is 9.53 Å². The second-order valence-corrected chi connectivity index (χ2v) is 9.76. The minimum atomic E-state index is -0.130. The van der Waals surface area contributed by atoms with Gasteiger partial charge in [-0.2, -0.15) is 0 Å². The van der Waals surface area contributed by atoms with Gasteiger partial charge in [-0.1, -0.05) is 25.1 Å². The lowest BCUT2D eigenvalue weighted by molar-refractivity contribution is -0.0500. The van der Waals surface area contributed by atoms with Crippen molar-refractivity contribution in [2.75, 3.05) is 18.5 Å². The number of hydrogen-bond acceptors (Lipinski definition) is 4. The average Bonchev–Trinajstić information content (AvgIpc) is 3.47. The fraction of sp³-hybridized carbons (Fsp3) is 0.207. The summed E-state index contributed by atoms with van der Waals surface area (Å²) in [4.78, 5) is 22.1. The van der Waals surface area contributed by atoms with Crippen LogP contribution < -0.4 is 5.32 Å². The summed E-state index contributed by atoms with van der Waals surface area (Å²) in [5.41, 5.74) is 8.32. The molecule has 1 aliphatic heterocycles. The summed E-state index contributed by atoms with van der Waals surface area (Å²) in [5.74, 6) is -0.130. The number of aromatic nitrogens is 4. The molecule has 0 radical (unpaired) electrons. The van der Waals surface area contributed by atoms with Crippen molar-refractivity contribution in [3.05, 3.63) is 102 Å².